The van der Waals surface area contributed by atoms with Crippen molar-refractivity contribution in [2.24, 2.45) is 0 Å². The number of alkyl carbamates (subject to hydrolysis) is 1. The lowest BCUT2D eigenvalue weighted by molar-refractivity contribution is 0.0701. The largest absolute Gasteiger partial charge is 0.493 e. The Hall–Kier alpha value is -2.17. The summed E-state index contributed by atoms with van der Waals surface area (Å²) in [6.45, 7) is 6.27. The first-order valence-corrected chi connectivity index (χ1v) is 5.98. The molecule has 1 fully saturated rings. The van der Waals surface area contributed by atoms with Crippen molar-refractivity contribution in [3.8, 4) is 11.5 Å². The number of amides is 1. The van der Waals surface area contributed by atoms with Crippen LogP contribution in [0.2, 0.25) is 0 Å². The summed E-state index contributed by atoms with van der Waals surface area (Å²) in [4.78, 5) is 11.2. The SMILES string of the molecule is C=CCOc1cc(C2(C)CNC(=O)O2)ccc1OC. The lowest BCUT2D eigenvalue weighted by atomic mass is 9.96. The highest BCUT2D eigenvalue weighted by molar-refractivity contribution is 5.70. The van der Waals surface area contributed by atoms with E-state index in [9.17, 15) is 4.79 Å². The van der Waals surface area contributed by atoms with E-state index in [2.05, 4.69) is 11.9 Å². The van der Waals surface area contributed by atoms with Crippen molar-refractivity contribution in [1.29, 1.82) is 0 Å². The van der Waals surface area contributed by atoms with Crippen LogP contribution in [0.15, 0.2) is 30.9 Å². The lowest BCUT2D eigenvalue weighted by Gasteiger charge is -2.22. The number of carbonyl (C=O) groups excluding carboxylic acids is 1. The second-order valence-electron chi connectivity index (χ2n) is 4.44. The Bertz CT molecular complexity index is 500. The van der Waals surface area contributed by atoms with Crippen molar-refractivity contribution in [3.63, 3.8) is 0 Å². The van der Waals surface area contributed by atoms with Crippen LogP contribution < -0.4 is 14.8 Å². The van der Waals surface area contributed by atoms with Crippen LogP contribution in [0, 0.1) is 0 Å². The molecule has 102 valence electrons. The number of rotatable bonds is 5. The third kappa shape index (κ3) is 2.65. The van der Waals surface area contributed by atoms with Crippen molar-refractivity contribution >= 4 is 6.09 Å². The monoisotopic (exact) mass is 263 g/mol. The molecule has 0 radical (unpaired) electrons. The maximum absolute atomic E-state index is 11.2. The Labute approximate surface area is 112 Å². The molecule has 1 saturated heterocycles. The minimum absolute atomic E-state index is 0.383. The Morgan fingerprint density at radius 2 is 2.32 bits per heavy atom. The van der Waals surface area contributed by atoms with E-state index in [1.165, 1.54) is 0 Å². The molecular formula is C14H17NO4. The van der Waals surface area contributed by atoms with Gasteiger partial charge in [0.1, 0.15) is 6.61 Å². The highest BCUT2D eigenvalue weighted by Gasteiger charge is 2.37. The van der Waals surface area contributed by atoms with Crippen molar-refractivity contribution in [1.82, 2.24) is 5.32 Å². The van der Waals surface area contributed by atoms with Gasteiger partial charge in [0.05, 0.1) is 13.7 Å². The van der Waals surface area contributed by atoms with Gasteiger partial charge in [0.2, 0.25) is 0 Å². The minimum atomic E-state index is -0.685. The molecule has 0 saturated carbocycles. The topological polar surface area (TPSA) is 56.8 Å². The van der Waals surface area contributed by atoms with Gasteiger partial charge in [-0.3, -0.25) is 0 Å². The van der Waals surface area contributed by atoms with E-state index >= 15 is 0 Å². The second-order valence-corrected chi connectivity index (χ2v) is 4.44. The van der Waals surface area contributed by atoms with Crippen LogP contribution in [0.5, 0.6) is 11.5 Å². The predicted molar refractivity (Wildman–Crippen MR) is 70.5 cm³/mol. The number of carbonyl (C=O) groups is 1. The van der Waals surface area contributed by atoms with Crippen molar-refractivity contribution in [2.45, 2.75) is 12.5 Å². The Morgan fingerprint density at radius 1 is 1.53 bits per heavy atom. The zero-order chi connectivity index (χ0) is 13.9. The van der Waals surface area contributed by atoms with Crippen LogP contribution in [-0.2, 0) is 10.3 Å². The van der Waals surface area contributed by atoms with Crippen molar-refractivity contribution < 1.29 is 19.0 Å². The third-order valence-corrected chi connectivity index (χ3v) is 3.02. The average Bonchev–Trinajstić information content (AvgIpc) is 2.77. The summed E-state index contributed by atoms with van der Waals surface area (Å²) in [6, 6.07) is 5.48. The van der Waals surface area contributed by atoms with Gasteiger partial charge in [-0.2, -0.15) is 0 Å². The molecule has 1 atom stereocenters. The molecular weight excluding hydrogens is 246 g/mol. The van der Waals surface area contributed by atoms with Crippen LogP contribution >= 0.6 is 0 Å². The maximum Gasteiger partial charge on any atom is 0.408 e. The average molecular weight is 263 g/mol. The van der Waals surface area contributed by atoms with Gasteiger partial charge in [0.25, 0.3) is 0 Å². The van der Waals surface area contributed by atoms with Gasteiger partial charge in [-0.25, -0.2) is 4.79 Å². The standard InChI is InChI=1S/C14H17NO4/c1-4-7-18-12-8-10(5-6-11(12)17-3)14(2)9-15-13(16)19-14/h4-6,8H,1,7,9H2,2-3H3,(H,15,16). The van der Waals surface area contributed by atoms with Gasteiger partial charge in [-0.05, 0) is 19.1 Å². The summed E-state index contributed by atoms with van der Waals surface area (Å²) >= 11 is 0. The molecule has 1 heterocycles. The molecule has 5 nitrogen and oxygen atoms in total. The number of nitrogens with one attached hydrogen (secondary N) is 1. The number of hydrogen-bond acceptors (Lipinski definition) is 4. The number of ether oxygens (including phenoxy) is 3. The summed E-state index contributed by atoms with van der Waals surface area (Å²) < 4.78 is 16.1. The van der Waals surface area contributed by atoms with Gasteiger partial charge in [-0.15, -0.1) is 0 Å². The maximum atomic E-state index is 11.2. The van der Waals surface area contributed by atoms with Gasteiger partial charge in [-0.1, -0.05) is 18.7 Å². The second kappa shape index (κ2) is 5.22. The lowest BCUT2D eigenvalue weighted by Crippen LogP contribution is -2.26. The Kier molecular flexibility index (Phi) is 3.64. The van der Waals surface area contributed by atoms with E-state index in [-0.39, 0.29) is 0 Å². The summed E-state index contributed by atoms with van der Waals surface area (Å²) in [5.41, 5.74) is 0.168. The van der Waals surface area contributed by atoms with Gasteiger partial charge in [0.15, 0.2) is 17.1 Å². The molecule has 1 amide bonds. The molecule has 19 heavy (non-hydrogen) atoms. The first kappa shape index (κ1) is 13.3. The molecule has 0 aliphatic carbocycles. The molecule has 1 unspecified atom stereocenters. The zero-order valence-electron chi connectivity index (χ0n) is 11.1. The molecule has 1 aliphatic heterocycles. The van der Waals surface area contributed by atoms with E-state index < -0.39 is 11.7 Å². The minimum Gasteiger partial charge on any atom is -0.493 e. The molecule has 5 heteroatoms. The Balaban J connectivity index is 2.31. The summed E-state index contributed by atoms with van der Waals surface area (Å²) in [7, 11) is 1.58. The fraction of sp³-hybridized carbons (Fsp3) is 0.357. The summed E-state index contributed by atoms with van der Waals surface area (Å²) in [6.07, 6.45) is 1.25. The number of hydrogen-bond donors (Lipinski definition) is 1. The highest BCUT2D eigenvalue weighted by Crippen LogP contribution is 2.35. The third-order valence-electron chi connectivity index (χ3n) is 3.02. The fourth-order valence-electron chi connectivity index (χ4n) is 1.95. The number of methoxy groups -OCH3 is 1. The fourth-order valence-corrected chi connectivity index (χ4v) is 1.95. The summed E-state index contributed by atoms with van der Waals surface area (Å²) in [5.74, 6) is 1.23. The quantitative estimate of drug-likeness (QED) is 0.827. The molecule has 0 aromatic heterocycles. The van der Waals surface area contributed by atoms with Crippen LogP contribution in [0.25, 0.3) is 0 Å². The number of benzene rings is 1. The first-order chi connectivity index (χ1) is 9.09. The van der Waals surface area contributed by atoms with E-state index in [1.807, 2.05) is 19.1 Å². The molecule has 2 rings (SSSR count). The van der Waals surface area contributed by atoms with Gasteiger partial charge < -0.3 is 19.5 Å². The van der Waals surface area contributed by atoms with Crippen molar-refractivity contribution in [2.75, 3.05) is 20.3 Å². The normalized spacial score (nSPS) is 21.5. The van der Waals surface area contributed by atoms with Gasteiger partial charge in [0, 0.05) is 5.56 Å². The Morgan fingerprint density at radius 3 is 2.89 bits per heavy atom. The van der Waals surface area contributed by atoms with Crippen LogP contribution in [0.1, 0.15) is 12.5 Å². The van der Waals surface area contributed by atoms with Crippen molar-refractivity contribution in [3.05, 3.63) is 36.4 Å². The highest BCUT2D eigenvalue weighted by atomic mass is 16.6. The first-order valence-electron chi connectivity index (χ1n) is 5.98. The smallest absolute Gasteiger partial charge is 0.408 e. The molecule has 1 N–H and O–H groups in total. The van der Waals surface area contributed by atoms with E-state index in [0.717, 1.165) is 5.56 Å². The zero-order valence-corrected chi connectivity index (χ0v) is 11.1. The molecule has 1 aromatic rings. The van der Waals surface area contributed by atoms with Crippen LogP contribution in [0.4, 0.5) is 4.79 Å². The van der Waals surface area contributed by atoms with E-state index in [4.69, 9.17) is 14.2 Å². The van der Waals surface area contributed by atoms with E-state index in [0.29, 0.717) is 24.7 Å². The molecule has 1 aliphatic rings. The molecule has 0 spiro atoms. The van der Waals surface area contributed by atoms with E-state index in [1.54, 1.807) is 19.3 Å². The molecule has 1 aromatic carbocycles. The summed E-state index contributed by atoms with van der Waals surface area (Å²) in [5, 5.41) is 2.65. The van der Waals surface area contributed by atoms with Crippen LogP contribution in [-0.4, -0.2) is 26.4 Å². The number of cyclic esters (lactones) is 1. The molecule has 0 bridgehead atoms. The van der Waals surface area contributed by atoms with Crippen LogP contribution in [0.3, 0.4) is 0 Å². The predicted octanol–water partition coefficient (Wildman–Crippen LogP) is 2.21. The van der Waals surface area contributed by atoms with Gasteiger partial charge >= 0.3 is 6.09 Å².